The quantitative estimate of drug-likeness (QED) is 0.791. The molecular formula is C18H22O3. The van der Waals surface area contributed by atoms with Crippen LogP contribution in [0.4, 0.5) is 0 Å². The molecule has 0 bridgehead atoms. The molecule has 0 saturated heterocycles. The van der Waals surface area contributed by atoms with Crippen LogP contribution in [0.25, 0.3) is 11.1 Å². The Kier molecular flexibility index (Phi) is 4.41. The summed E-state index contributed by atoms with van der Waals surface area (Å²) in [5.74, 6) is -0.191. The number of benzene rings is 2. The van der Waals surface area contributed by atoms with Gasteiger partial charge in [0.05, 0.1) is 5.56 Å². The first-order chi connectivity index (χ1) is 10.0. The van der Waals surface area contributed by atoms with Gasteiger partial charge in [-0.1, -0.05) is 39.0 Å². The van der Waals surface area contributed by atoms with Crippen LogP contribution in [-0.4, -0.2) is 15.3 Å². The monoisotopic (exact) mass is 286 g/mol. The third-order valence-electron chi connectivity index (χ3n) is 3.95. The summed E-state index contributed by atoms with van der Waals surface area (Å²) in [5.41, 5.74) is 3.92. The zero-order chi connectivity index (χ0) is 15.6. The fourth-order valence-electron chi connectivity index (χ4n) is 2.68. The second-order valence-corrected chi connectivity index (χ2v) is 5.17. The molecule has 112 valence electrons. The molecule has 2 rings (SSSR count). The minimum absolute atomic E-state index is 0.0297. The highest BCUT2D eigenvalue weighted by atomic mass is 16.3. The molecule has 3 heteroatoms. The van der Waals surface area contributed by atoms with Crippen molar-refractivity contribution in [2.24, 2.45) is 0 Å². The van der Waals surface area contributed by atoms with Crippen molar-refractivity contribution in [1.82, 2.24) is 0 Å². The molecule has 0 radical (unpaired) electrons. The van der Waals surface area contributed by atoms with Crippen molar-refractivity contribution in [2.75, 3.05) is 0 Å². The molecule has 2 aromatic rings. The fourth-order valence-corrected chi connectivity index (χ4v) is 2.68. The van der Waals surface area contributed by atoms with Crippen LogP contribution in [0, 0.1) is 0 Å². The third-order valence-corrected chi connectivity index (χ3v) is 3.95. The molecule has 0 atom stereocenters. The summed E-state index contributed by atoms with van der Waals surface area (Å²) in [6.07, 6.45) is 2.19. The second-order valence-electron chi connectivity index (χ2n) is 5.17. The number of hydrogen-bond donors (Lipinski definition) is 3. The molecule has 21 heavy (non-hydrogen) atoms. The Morgan fingerprint density at radius 3 is 2.10 bits per heavy atom. The van der Waals surface area contributed by atoms with E-state index in [9.17, 15) is 15.3 Å². The van der Waals surface area contributed by atoms with Crippen molar-refractivity contribution in [3.05, 3.63) is 41.0 Å². The van der Waals surface area contributed by atoms with E-state index in [0.29, 0.717) is 17.5 Å². The van der Waals surface area contributed by atoms with Gasteiger partial charge in [0.2, 0.25) is 0 Å². The number of aryl methyl sites for hydroxylation is 2. The molecule has 0 heterocycles. The van der Waals surface area contributed by atoms with E-state index in [-0.39, 0.29) is 17.2 Å². The molecule has 0 fully saturated rings. The van der Waals surface area contributed by atoms with Crippen molar-refractivity contribution in [3.8, 4) is 28.4 Å². The van der Waals surface area contributed by atoms with E-state index in [1.165, 1.54) is 6.07 Å². The Labute approximate surface area is 125 Å². The predicted octanol–water partition coefficient (Wildman–Crippen LogP) is 4.16. The van der Waals surface area contributed by atoms with Crippen LogP contribution >= 0.6 is 0 Å². The third kappa shape index (κ3) is 2.68. The lowest BCUT2D eigenvalue weighted by Gasteiger charge is -2.16. The highest BCUT2D eigenvalue weighted by molar-refractivity contribution is 5.82. The number of phenols is 3. The predicted molar refractivity (Wildman–Crippen MR) is 85.0 cm³/mol. The van der Waals surface area contributed by atoms with E-state index < -0.39 is 0 Å². The average Bonchev–Trinajstić information content (AvgIpc) is 2.47. The number of rotatable bonds is 4. The largest absolute Gasteiger partial charge is 0.507 e. The molecule has 0 amide bonds. The zero-order valence-corrected chi connectivity index (χ0v) is 12.8. The number of phenolic OH excluding ortho intramolecular Hbond substituents is 3. The lowest BCUT2D eigenvalue weighted by atomic mass is 9.91. The molecular weight excluding hydrogens is 264 g/mol. The van der Waals surface area contributed by atoms with Crippen LogP contribution < -0.4 is 0 Å². The summed E-state index contributed by atoms with van der Waals surface area (Å²) in [7, 11) is 0. The smallest absolute Gasteiger partial charge is 0.134 e. The van der Waals surface area contributed by atoms with Gasteiger partial charge in [0.25, 0.3) is 0 Å². The summed E-state index contributed by atoms with van der Waals surface area (Å²) in [4.78, 5) is 0. The van der Waals surface area contributed by atoms with Gasteiger partial charge < -0.3 is 15.3 Å². The van der Waals surface area contributed by atoms with Crippen LogP contribution in [0.5, 0.6) is 17.2 Å². The molecule has 0 saturated carbocycles. The van der Waals surface area contributed by atoms with Gasteiger partial charge in [-0.15, -0.1) is 0 Å². The van der Waals surface area contributed by atoms with Crippen molar-refractivity contribution >= 4 is 0 Å². The van der Waals surface area contributed by atoms with Gasteiger partial charge in [0.1, 0.15) is 17.2 Å². The maximum absolute atomic E-state index is 10.5. The number of hydrogen-bond acceptors (Lipinski definition) is 3. The van der Waals surface area contributed by atoms with Crippen molar-refractivity contribution in [2.45, 2.75) is 40.0 Å². The molecule has 2 aromatic carbocycles. The van der Waals surface area contributed by atoms with Crippen LogP contribution in [0.3, 0.4) is 0 Å². The standard InChI is InChI=1S/C18H22O3/c1-4-11-7-8-12(5-2)14(9-11)17-16(20)10-15(19)13(6-3)18(17)21/h7-10,19-21H,4-6H2,1-3H3. The molecule has 0 aliphatic heterocycles. The minimum Gasteiger partial charge on any atom is -0.507 e. The average molecular weight is 286 g/mol. The number of aromatic hydroxyl groups is 3. The summed E-state index contributed by atoms with van der Waals surface area (Å²) >= 11 is 0. The van der Waals surface area contributed by atoms with Crippen molar-refractivity contribution in [1.29, 1.82) is 0 Å². The first kappa shape index (κ1) is 15.2. The molecule has 0 aliphatic carbocycles. The van der Waals surface area contributed by atoms with E-state index in [4.69, 9.17) is 0 Å². The van der Waals surface area contributed by atoms with Gasteiger partial charge in [-0.05, 0) is 36.0 Å². The Hall–Kier alpha value is -2.16. The van der Waals surface area contributed by atoms with Gasteiger partial charge in [0.15, 0.2) is 0 Å². The normalized spacial score (nSPS) is 10.8. The van der Waals surface area contributed by atoms with E-state index in [1.54, 1.807) is 0 Å². The van der Waals surface area contributed by atoms with Gasteiger partial charge in [-0.2, -0.15) is 0 Å². The summed E-state index contributed by atoms with van der Waals surface area (Å²) in [6.45, 7) is 5.97. The Morgan fingerprint density at radius 1 is 0.810 bits per heavy atom. The lowest BCUT2D eigenvalue weighted by molar-refractivity contribution is 0.422. The molecule has 0 unspecified atom stereocenters. The van der Waals surface area contributed by atoms with E-state index in [1.807, 2.05) is 26.0 Å². The highest BCUT2D eigenvalue weighted by Crippen LogP contribution is 2.45. The van der Waals surface area contributed by atoms with Crippen LogP contribution in [0.15, 0.2) is 24.3 Å². The van der Waals surface area contributed by atoms with Crippen LogP contribution in [-0.2, 0) is 19.3 Å². The van der Waals surface area contributed by atoms with Crippen LogP contribution in [0.1, 0.15) is 37.5 Å². The van der Waals surface area contributed by atoms with Gasteiger partial charge >= 0.3 is 0 Å². The lowest BCUT2D eigenvalue weighted by Crippen LogP contribution is -1.94. The van der Waals surface area contributed by atoms with Crippen molar-refractivity contribution in [3.63, 3.8) is 0 Å². The van der Waals surface area contributed by atoms with Crippen LogP contribution in [0.2, 0.25) is 0 Å². The van der Waals surface area contributed by atoms with Gasteiger partial charge in [-0.3, -0.25) is 0 Å². The Morgan fingerprint density at radius 2 is 1.52 bits per heavy atom. The summed E-state index contributed by atoms with van der Waals surface area (Å²) in [5, 5.41) is 30.5. The Bertz CT molecular complexity index is 660. The zero-order valence-electron chi connectivity index (χ0n) is 12.8. The van der Waals surface area contributed by atoms with E-state index in [2.05, 4.69) is 13.0 Å². The molecule has 3 nitrogen and oxygen atoms in total. The van der Waals surface area contributed by atoms with Gasteiger partial charge in [0, 0.05) is 11.6 Å². The molecule has 0 aromatic heterocycles. The highest BCUT2D eigenvalue weighted by Gasteiger charge is 2.19. The van der Waals surface area contributed by atoms with E-state index >= 15 is 0 Å². The SMILES string of the molecule is CCc1ccc(CC)c(-c2c(O)cc(O)c(CC)c2O)c1. The minimum atomic E-state index is -0.0925. The van der Waals surface area contributed by atoms with E-state index in [0.717, 1.165) is 29.5 Å². The molecule has 3 N–H and O–H groups in total. The summed E-state index contributed by atoms with van der Waals surface area (Å²) in [6, 6.07) is 7.42. The summed E-state index contributed by atoms with van der Waals surface area (Å²) < 4.78 is 0. The second kappa shape index (κ2) is 6.08. The topological polar surface area (TPSA) is 60.7 Å². The molecule has 0 spiro atoms. The maximum Gasteiger partial charge on any atom is 0.134 e. The first-order valence-electron chi connectivity index (χ1n) is 7.42. The Balaban J connectivity index is 2.77. The first-order valence-corrected chi connectivity index (χ1v) is 7.42. The van der Waals surface area contributed by atoms with Gasteiger partial charge in [-0.25, -0.2) is 0 Å². The molecule has 0 aliphatic rings. The maximum atomic E-state index is 10.5. The van der Waals surface area contributed by atoms with Crippen molar-refractivity contribution < 1.29 is 15.3 Å². The fraction of sp³-hybridized carbons (Fsp3) is 0.333.